The number of nitrogens with zero attached hydrogens (tertiary/aromatic N) is 1. The average Bonchev–Trinajstić information content (AvgIpc) is 2.11. The molecule has 0 aliphatic carbocycles. The molecule has 0 saturated carbocycles. The molecule has 2 N–H and O–H groups in total. The van der Waals surface area contributed by atoms with Crippen molar-refractivity contribution in [1.82, 2.24) is 10.6 Å². The zero-order chi connectivity index (χ0) is 13.5. The molecule has 0 saturated heterocycles. The number of unbranched alkanes of at least 4 members (excludes halogenated alkanes) is 1. The second-order valence-electron chi connectivity index (χ2n) is 6.89. The second kappa shape index (κ2) is 8.99. The van der Waals surface area contributed by atoms with Crippen LogP contribution >= 0.6 is 24.0 Å². The largest absolute Gasteiger partial charge is 0.356 e. The number of guanidine groups is 1. The summed E-state index contributed by atoms with van der Waals surface area (Å²) in [5.74, 6) is 0.897. The molecule has 0 bridgehead atoms. The molecule has 0 radical (unpaired) electrons. The molecular formula is C14H32IN3. The van der Waals surface area contributed by atoms with Crippen molar-refractivity contribution in [2.45, 2.75) is 66.3 Å². The first-order valence-electron chi connectivity index (χ1n) is 6.63. The molecule has 0 aliphatic rings. The van der Waals surface area contributed by atoms with Gasteiger partial charge in [-0.05, 0) is 39.0 Å². The van der Waals surface area contributed by atoms with Gasteiger partial charge in [0.1, 0.15) is 0 Å². The number of hydrogen-bond acceptors (Lipinski definition) is 1. The van der Waals surface area contributed by atoms with Gasteiger partial charge in [-0.3, -0.25) is 4.99 Å². The number of nitrogens with one attached hydrogen (secondary N) is 2. The molecular weight excluding hydrogens is 337 g/mol. The van der Waals surface area contributed by atoms with E-state index in [9.17, 15) is 0 Å². The molecule has 0 fully saturated rings. The summed E-state index contributed by atoms with van der Waals surface area (Å²) < 4.78 is 0. The van der Waals surface area contributed by atoms with E-state index in [1.165, 1.54) is 19.3 Å². The lowest BCUT2D eigenvalue weighted by atomic mass is 9.90. The van der Waals surface area contributed by atoms with Crippen LogP contribution in [0.15, 0.2) is 4.99 Å². The van der Waals surface area contributed by atoms with Crippen LogP contribution in [0.5, 0.6) is 0 Å². The highest BCUT2D eigenvalue weighted by atomic mass is 127. The van der Waals surface area contributed by atoms with Gasteiger partial charge in [-0.1, -0.05) is 27.2 Å². The maximum absolute atomic E-state index is 4.21. The van der Waals surface area contributed by atoms with Crippen molar-refractivity contribution in [2.24, 2.45) is 10.4 Å². The van der Waals surface area contributed by atoms with Gasteiger partial charge in [-0.25, -0.2) is 0 Å². The number of aliphatic imine (C=N–C) groups is 1. The van der Waals surface area contributed by atoms with E-state index in [2.05, 4.69) is 57.2 Å². The minimum Gasteiger partial charge on any atom is -0.356 e. The molecule has 0 heterocycles. The van der Waals surface area contributed by atoms with Crippen molar-refractivity contribution in [2.75, 3.05) is 13.6 Å². The summed E-state index contributed by atoms with van der Waals surface area (Å²) >= 11 is 0. The molecule has 0 atom stereocenters. The predicted octanol–water partition coefficient (Wildman–Crippen LogP) is 3.78. The molecule has 0 aromatic carbocycles. The smallest absolute Gasteiger partial charge is 0.191 e. The van der Waals surface area contributed by atoms with E-state index in [-0.39, 0.29) is 29.5 Å². The Hall–Kier alpha value is 0. The van der Waals surface area contributed by atoms with Crippen molar-refractivity contribution in [3.05, 3.63) is 0 Å². The van der Waals surface area contributed by atoms with Gasteiger partial charge in [-0.2, -0.15) is 0 Å². The lowest BCUT2D eigenvalue weighted by Gasteiger charge is -2.24. The van der Waals surface area contributed by atoms with Gasteiger partial charge >= 0.3 is 0 Å². The van der Waals surface area contributed by atoms with Gasteiger partial charge in [0.2, 0.25) is 0 Å². The monoisotopic (exact) mass is 369 g/mol. The van der Waals surface area contributed by atoms with Crippen LogP contribution in [0, 0.1) is 5.41 Å². The van der Waals surface area contributed by atoms with Gasteiger partial charge in [0.05, 0.1) is 0 Å². The highest BCUT2D eigenvalue weighted by Gasteiger charge is 2.12. The molecule has 0 aromatic rings. The highest BCUT2D eigenvalue weighted by molar-refractivity contribution is 14.0. The molecule has 18 heavy (non-hydrogen) atoms. The van der Waals surface area contributed by atoms with Gasteiger partial charge in [0.25, 0.3) is 0 Å². The normalized spacial score (nSPS) is 12.9. The van der Waals surface area contributed by atoms with Crippen LogP contribution in [0.4, 0.5) is 0 Å². The molecule has 4 heteroatoms. The maximum atomic E-state index is 4.21. The van der Waals surface area contributed by atoms with E-state index in [0.29, 0.717) is 5.41 Å². The van der Waals surface area contributed by atoms with Crippen LogP contribution in [0.3, 0.4) is 0 Å². The Balaban J connectivity index is 0. The Bertz CT molecular complexity index is 236. The van der Waals surface area contributed by atoms with Crippen molar-refractivity contribution >= 4 is 29.9 Å². The van der Waals surface area contributed by atoms with Crippen LogP contribution in [0.1, 0.15) is 60.8 Å². The maximum Gasteiger partial charge on any atom is 0.191 e. The summed E-state index contributed by atoms with van der Waals surface area (Å²) in [6.45, 7) is 14.3. The lowest BCUT2D eigenvalue weighted by Crippen LogP contribution is -2.47. The van der Waals surface area contributed by atoms with Crippen LogP contribution in [0.25, 0.3) is 0 Å². The Morgan fingerprint density at radius 2 is 1.56 bits per heavy atom. The predicted molar refractivity (Wildman–Crippen MR) is 93.0 cm³/mol. The first kappa shape index (κ1) is 20.3. The molecule has 0 aliphatic heterocycles. The fraction of sp³-hybridized carbons (Fsp3) is 0.929. The zero-order valence-electron chi connectivity index (χ0n) is 13.2. The first-order chi connectivity index (χ1) is 7.64. The standard InChI is InChI=1S/C14H31N3.HI/c1-13(2,3)10-8-9-11-16-12(15-7)17-14(4,5)6;/h8-11H2,1-7H3,(H2,15,16,17);1H. The van der Waals surface area contributed by atoms with Crippen LogP contribution < -0.4 is 10.6 Å². The first-order valence-corrected chi connectivity index (χ1v) is 6.63. The van der Waals surface area contributed by atoms with Gasteiger partial charge in [-0.15, -0.1) is 24.0 Å². The lowest BCUT2D eigenvalue weighted by molar-refractivity contribution is 0.360. The zero-order valence-corrected chi connectivity index (χ0v) is 15.5. The summed E-state index contributed by atoms with van der Waals surface area (Å²) in [6.07, 6.45) is 3.74. The summed E-state index contributed by atoms with van der Waals surface area (Å²) in [5.41, 5.74) is 0.512. The molecule has 110 valence electrons. The number of rotatable bonds is 4. The fourth-order valence-electron chi connectivity index (χ4n) is 1.52. The third-order valence-corrected chi connectivity index (χ3v) is 2.36. The van der Waals surface area contributed by atoms with E-state index in [1.54, 1.807) is 0 Å². The molecule has 0 unspecified atom stereocenters. The Morgan fingerprint density at radius 1 is 1.00 bits per heavy atom. The van der Waals surface area contributed by atoms with E-state index in [4.69, 9.17) is 0 Å². The highest BCUT2D eigenvalue weighted by Crippen LogP contribution is 2.21. The van der Waals surface area contributed by atoms with E-state index < -0.39 is 0 Å². The van der Waals surface area contributed by atoms with E-state index in [1.807, 2.05) is 7.05 Å². The summed E-state index contributed by atoms with van der Waals surface area (Å²) in [5, 5.41) is 6.70. The van der Waals surface area contributed by atoms with Crippen LogP contribution in [-0.4, -0.2) is 25.1 Å². The minimum atomic E-state index is 0. The van der Waals surface area contributed by atoms with Gasteiger partial charge in [0.15, 0.2) is 5.96 Å². The van der Waals surface area contributed by atoms with Crippen molar-refractivity contribution in [3.63, 3.8) is 0 Å². The van der Waals surface area contributed by atoms with Crippen molar-refractivity contribution < 1.29 is 0 Å². The Morgan fingerprint density at radius 3 is 1.94 bits per heavy atom. The molecule has 0 amide bonds. The van der Waals surface area contributed by atoms with E-state index in [0.717, 1.165) is 12.5 Å². The topological polar surface area (TPSA) is 36.4 Å². The number of hydrogen-bond donors (Lipinski definition) is 2. The Labute approximate surface area is 131 Å². The van der Waals surface area contributed by atoms with Gasteiger partial charge in [0, 0.05) is 19.1 Å². The summed E-state index contributed by atoms with van der Waals surface area (Å²) in [7, 11) is 1.82. The van der Waals surface area contributed by atoms with Crippen molar-refractivity contribution in [3.8, 4) is 0 Å². The molecule has 3 nitrogen and oxygen atoms in total. The quantitative estimate of drug-likeness (QED) is 0.342. The Kier molecular flexibility index (Phi) is 10.2. The SMILES string of the molecule is CN=C(NCCCCC(C)(C)C)NC(C)(C)C.I. The van der Waals surface area contributed by atoms with Gasteiger partial charge < -0.3 is 10.6 Å². The van der Waals surface area contributed by atoms with Crippen molar-refractivity contribution in [1.29, 1.82) is 0 Å². The summed E-state index contributed by atoms with van der Waals surface area (Å²) in [4.78, 5) is 4.21. The van der Waals surface area contributed by atoms with Crippen LogP contribution in [0.2, 0.25) is 0 Å². The van der Waals surface area contributed by atoms with Crippen LogP contribution in [-0.2, 0) is 0 Å². The molecule has 0 spiro atoms. The molecule has 0 aromatic heterocycles. The minimum absolute atomic E-state index is 0. The number of halogens is 1. The van der Waals surface area contributed by atoms with E-state index >= 15 is 0 Å². The third kappa shape index (κ3) is 14.1. The second-order valence-corrected chi connectivity index (χ2v) is 6.89. The summed E-state index contributed by atoms with van der Waals surface area (Å²) in [6, 6.07) is 0. The third-order valence-electron chi connectivity index (χ3n) is 2.36. The fourth-order valence-corrected chi connectivity index (χ4v) is 1.52. The molecule has 0 rings (SSSR count). The average molecular weight is 369 g/mol.